The van der Waals surface area contributed by atoms with E-state index >= 15 is 0 Å². The molecule has 7 heteroatoms. The fraction of sp³-hybridized carbons (Fsp3) is 0.167. The Bertz CT molecular complexity index is 1720. The molecule has 186 valence electrons. The quantitative estimate of drug-likeness (QED) is 0.324. The van der Waals surface area contributed by atoms with Gasteiger partial charge in [0.05, 0.1) is 10.6 Å². The van der Waals surface area contributed by atoms with E-state index in [0.29, 0.717) is 5.69 Å². The number of amides is 1. The van der Waals surface area contributed by atoms with Gasteiger partial charge in [0, 0.05) is 23.9 Å². The summed E-state index contributed by atoms with van der Waals surface area (Å²) in [4.78, 5) is 13.9. The zero-order chi connectivity index (χ0) is 25.6. The first kappa shape index (κ1) is 23.3. The van der Waals surface area contributed by atoms with E-state index in [1.807, 2.05) is 66.1 Å². The second-order valence-corrected chi connectivity index (χ2v) is 11.2. The van der Waals surface area contributed by atoms with Crippen molar-refractivity contribution in [2.45, 2.75) is 37.6 Å². The lowest BCUT2D eigenvalue weighted by Crippen LogP contribution is -2.31. The molecule has 1 amide bonds. The van der Waals surface area contributed by atoms with Crippen LogP contribution in [0.25, 0.3) is 28.0 Å². The summed E-state index contributed by atoms with van der Waals surface area (Å²) < 4.78 is 32.9. The predicted octanol–water partition coefficient (Wildman–Crippen LogP) is 5.84. The third-order valence-electron chi connectivity index (χ3n) is 7.04. The van der Waals surface area contributed by atoms with E-state index in [4.69, 9.17) is 0 Å². The molecular formula is C30H27N3O3S. The van der Waals surface area contributed by atoms with Crippen LogP contribution in [0.3, 0.4) is 0 Å². The Morgan fingerprint density at radius 1 is 0.838 bits per heavy atom. The monoisotopic (exact) mass is 509 g/mol. The number of nitrogens with one attached hydrogen (secondary N) is 1. The Balaban J connectivity index is 1.58. The molecule has 0 atom stereocenters. The minimum Gasteiger partial charge on any atom is -0.325 e. The van der Waals surface area contributed by atoms with Crippen molar-refractivity contribution in [1.29, 1.82) is 0 Å². The first-order valence-corrected chi connectivity index (χ1v) is 13.9. The predicted molar refractivity (Wildman–Crippen MR) is 145 cm³/mol. The molecule has 0 bridgehead atoms. The molecular weight excluding hydrogens is 482 g/mol. The lowest BCUT2D eigenvalue weighted by Gasteiger charge is -2.11. The summed E-state index contributed by atoms with van der Waals surface area (Å²) in [6, 6.07) is 26.3. The molecule has 0 fully saturated rings. The van der Waals surface area contributed by atoms with Crippen molar-refractivity contribution in [1.82, 2.24) is 13.7 Å². The third kappa shape index (κ3) is 4.05. The average Bonchev–Trinajstić information content (AvgIpc) is 3.33. The van der Waals surface area contributed by atoms with Gasteiger partial charge >= 0.3 is 0 Å². The number of hydrogen-bond acceptors (Lipinski definition) is 3. The number of aryl methyl sites for hydroxylation is 3. The smallest absolute Gasteiger partial charge is 0.282 e. The summed E-state index contributed by atoms with van der Waals surface area (Å²) in [6.07, 6.45) is 4.79. The Morgan fingerprint density at radius 3 is 2.16 bits per heavy atom. The molecule has 0 spiro atoms. The van der Waals surface area contributed by atoms with Gasteiger partial charge in [0.2, 0.25) is 0 Å². The van der Waals surface area contributed by atoms with Gasteiger partial charge in [-0.15, -0.1) is 0 Å². The molecule has 37 heavy (non-hydrogen) atoms. The average molecular weight is 510 g/mol. The van der Waals surface area contributed by atoms with Crippen molar-refractivity contribution in [3.8, 4) is 22.4 Å². The third-order valence-corrected chi connectivity index (χ3v) is 8.39. The van der Waals surface area contributed by atoms with E-state index in [9.17, 15) is 13.2 Å². The van der Waals surface area contributed by atoms with Crippen LogP contribution in [-0.4, -0.2) is 23.3 Å². The van der Waals surface area contributed by atoms with Gasteiger partial charge in [-0.1, -0.05) is 78.4 Å². The zero-order valence-corrected chi connectivity index (χ0v) is 21.3. The molecule has 1 aliphatic rings. The van der Waals surface area contributed by atoms with Gasteiger partial charge in [-0.05, 0) is 49.4 Å². The lowest BCUT2D eigenvalue weighted by molar-refractivity contribution is 0.0976. The summed E-state index contributed by atoms with van der Waals surface area (Å²) in [5.74, 6) is -0.641. The zero-order valence-electron chi connectivity index (χ0n) is 20.5. The summed E-state index contributed by atoms with van der Waals surface area (Å²) in [7, 11) is -4.06. The van der Waals surface area contributed by atoms with Gasteiger partial charge in [0.25, 0.3) is 15.9 Å². The topological polar surface area (TPSA) is 72.6 Å². The molecule has 0 radical (unpaired) electrons. The minimum atomic E-state index is -4.06. The largest absolute Gasteiger partial charge is 0.325 e. The van der Waals surface area contributed by atoms with E-state index in [0.717, 1.165) is 65.0 Å². The van der Waals surface area contributed by atoms with Crippen LogP contribution in [0.4, 0.5) is 0 Å². The summed E-state index contributed by atoms with van der Waals surface area (Å²) in [5.41, 5.74) is 7.06. The number of benzene rings is 3. The number of carbonyl (C=O) groups is 1. The van der Waals surface area contributed by atoms with Crippen LogP contribution >= 0.6 is 0 Å². The van der Waals surface area contributed by atoms with Gasteiger partial charge in [-0.3, -0.25) is 9.20 Å². The van der Waals surface area contributed by atoms with Crippen molar-refractivity contribution in [2.75, 3.05) is 0 Å². The lowest BCUT2D eigenvalue weighted by atomic mass is 9.98. The molecule has 6 rings (SSSR count). The summed E-state index contributed by atoms with van der Waals surface area (Å²) >= 11 is 0. The van der Waals surface area contributed by atoms with Crippen LogP contribution in [0.1, 0.15) is 34.5 Å². The van der Waals surface area contributed by atoms with E-state index < -0.39 is 15.9 Å². The molecule has 0 aliphatic carbocycles. The van der Waals surface area contributed by atoms with Gasteiger partial charge in [-0.2, -0.15) is 0 Å². The Kier molecular flexibility index (Phi) is 5.72. The fourth-order valence-electron chi connectivity index (χ4n) is 5.31. The number of aromatic nitrogens is 2. The Labute approximate surface area is 216 Å². The molecule has 0 unspecified atom stereocenters. The maximum atomic E-state index is 13.9. The van der Waals surface area contributed by atoms with Crippen LogP contribution in [-0.2, 0) is 23.0 Å². The van der Waals surface area contributed by atoms with Crippen LogP contribution in [0, 0.1) is 6.92 Å². The van der Waals surface area contributed by atoms with Gasteiger partial charge in [0.1, 0.15) is 11.3 Å². The van der Waals surface area contributed by atoms with E-state index in [1.54, 1.807) is 12.1 Å². The number of imidazole rings is 1. The molecule has 1 aliphatic heterocycles. The number of carbonyl (C=O) groups excluding carboxylic acids is 1. The van der Waals surface area contributed by atoms with Crippen LogP contribution < -0.4 is 4.72 Å². The first-order valence-electron chi connectivity index (χ1n) is 12.4. The SMILES string of the molecule is Cc1ccc(S(=O)(=O)NC(=O)c2c(-c3ccccc3)c3c4n(c(-c5ccccc5)cn24)CCCC3)cc1. The normalized spacial score (nSPS) is 13.4. The van der Waals surface area contributed by atoms with Crippen molar-refractivity contribution >= 4 is 21.6 Å². The van der Waals surface area contributed by atoms with E-state index in [1.165, 1.54) is 12.1 Å². The van der Waals surface area contributed by atoms with E-state index in [2.05, 4.69) is 21.4 Å². The highest BCUT2D eigenvalue weighted by Crippen LogP contribution is 2.39. The summed E-state index contributed by atoms with van der Waals surface area (Å²) in [5, 5.41) is 0. The van der Waals surface area contributed by atoms with Crippen molar-refractivity contribution in [3.05, 3.63) is 108 Å². The van der Waals surface area contributed by atoms with Crippen LogP contribution in [0.15, 0.2) is 96.0 Å². The first-order chi connectivity index (χ1) is 17.9. The standard InChI is InChI=1S/C30H27N3O3S/c1-21-15-17-24(18-16-21)37(35,36)31-29(34)28-27(23-12-6-3-7-13-23)25-14-8-9-19-32-26(20-33(28)30(25)32)22-10-4-2-5-11-22/h2-7,10-13,15-18,20H,8-9,14,19H2,1H3,(H,31,34). The maximum absolute atomic E-state index is 13.9. The van der Waals surface area contributed by atoms with Crippen molar-refractivity contribution < 1.29 is 13.2 Å². The molecule has 5 aromatic rings. The second-order valence-electron chi connectivity index (χ2n) is 9.50. The van der Waals surface area contributed by atoms with Crippen molar-refractivity contribution in [2.24, 2.45) is 0 Å². The van der Waals surface area contributed by atoms with Gasteiger partial charge in [0.15, 0.2) is 0 Å². The number of hydrogen-bond donors (Lipinski definition) is 1. The second kappa shape index (κ2) is 9.09. The molecule has 0 saturated carbocycles. The van der Waals surface area contributed by atoms with Crippen LogP contribution in [0.2, 0.25) is 0 Å². The number of rotatable bonds is 5. The Hall–Kier alpha value is -4.10. The molecule has 3 heterocycles. The summed E-state index contributed by atoms with van der Waals surface area (Å²) in [6.45, 7) is 2.72. The molecule has 3 aromatic carbocycles. The molecule has 6 nitrogen and oxygen atoms in total. The maximum Gasteiger partial charge on any atom is 0.282 e. The highest BCUT2D eigenvalue weighted by Gasteiger charge is 2.31. The fourth-order valence-corrected chi connectivity index (χ4v) is 6.26. The molecule has 1 N–H and O–H groups in total. The van der Waals surface area contributed by atoms with Gasteiger partial charge in [-0.25, -0.2) is 13.1 Å². The molecule has 0 saturated heterocycles. The van der Waals surface area contributed by atoms with Crippen LogP contribution in [0.5, 0.6) is 0 Å². The number of sulfonamides is 1. The van der Waals surface area contributed by atoms with Crippen molar-refractivity contribution in [3.63, 3.8) is 0 Å². The van der Waals surface area contributed by atoms with Gasteiger partial charge < -0.3 is 4.57 Å². The Morgan fingerprint density at radius 2 is 1.49 bits per heavy atom. The van der Waals surface area contributed by atoms with E-state index in [-0.39, 0.29) is 4.90 Å². The highest BCUT2D eigenvalue weighted by molar-refractivity contribution is 7.90. The highest BCUT2D eigenvalue weighted by atomic mass is 32.2. The minimum absolute atomic E-state index is 0.0596. The number of nitrogens with zero attached hydrogens (tertiary/aromatic N) is 2. The molecule has 2 aromatic heterocycles.